The van der Waals surface area contributed by atoms with Gasteiger partial charge in [-0.3, -0.25) is 4.79 Å². The van der Waals surface area contributed by atoms with Crippen LogP contribution in [0.25, 0.3) is 0 Å². The van der Waals surface area contributed by atoms with E-state index < -0.39 is 5.82 Å². The molecule has 0 unspecified atom stereocenters. The highest BCUT2D eigenvalue weighted by molar-refractivity contribution is 5.94. The molecule has 0 aliphatic rings. The average Bonchev–Trinajstić information content (AvgIpc) is 2.51. The van der Waals surface area contributed by atoms with Gasteiger partial charge in [0.1, 0.15) is 5.82 Å². The number of carbonyl (C=O) groups excluding carboxylic acids is 1. The molecule has 0 aliphatic heterocycles. The predicted octanol–water partition coefficient (Wildman–Crippen LogP) is 2.82. The van der Waals surface area contributed by atoms with E-state index in [9.17, 15) is 9.18 Å². The van der Waals surface area contributed by atoms with Crippen molar-refractivity contribution in [1.29, 1.82) is 0 Å². The highest BCUT2D eigenvalue weighted by Gasteiger charge is 2.16. The SMILES string of the molecule is NCCCN(Cc1ccccc1)C(=O)c1cccc(F)c1. The van der Waals surface area contributed by atoms with Gasteiger partial charge in [0, 0.05) is 18.7 Å². The Bertz CT molecular complexity index is 586. The Morgan fingerprint density at radius 3 is 2.52 bits per heavy atom. The lowest BCUT2D eigenvalue weighted by Crippen LogP contribution is -2.32. The van der Waals surface area contributed by atoms with E-state index >= 15 is 0 Å². The number of nitrogens with two attached hydrogens (primary N) is 1. The second kappa shape index (κ2) is 7.55. The molecule has 2 N–H and O–H groups in total. The Kier molecular flexibility index (Phi) is 5.46. The van der Waals surface area contributed by atoms with E-state index in [1.54, 1.807) is 17.0 Å². The van der Waals surface area contributed by atoms with E-state index in [1.165, 1.54) is 12.1 Å². The van der Waals surface area contributed by atoms with Crippen LogP contribution in [0.5, 0.6) is 0 Å². The average molecular weight is 286 g/mol. The van der Waals surface area contributed by atoms with Crippen molar-refractivity contribution in [1.82, 2.24) is 4.90 Å². The fourth-order valence-corrected chi connectivity index (χ4v) is 2.14. The van der Waals surface area contributed by atoms with Gasteiger partial charge in [-0.2, -0.15) is 0 Å². The quantitative estimate of drug-likeness (QED) is 0.887. The summed E-state index contributed by atoms with van der Waals surface area (Å²) in [5.41, 5.74) is 6.94. The first-order valence-corrected chi connectivity index (χ1v) is 6.99. The van der Waals surface area contributed by atoms with Crippen molar-refractivity contribution in [2.45, 2.75) is 13.0 Å². The lowest BCUT2D eigenvalue weighted by molar-refractivity contribution is 0.0741. The number of hydrogen-bond donors (Lipinski definition) is 1. The lowest BCUT2D eigenvalue weighted by atomic mass is 10.1. The minimum absolute atomic E-state index is 0.174. The third-order valence-electron chi connectivity index (χ3n) is 3.21. The number of carbonyl (C=O) groups is 1. The summed E-state index contributed by atoms with van der Waals surface area (Å²) in [6.45, 7) is 1.57. The van der Waals surface area contributed by atoms with Crippen molar-refractivity contribution in [3.63, 3.8) is 0 Å². The number of hydrogen-bond acceptors (Lipinski definition) is 2. The molecule has 0 radical (unpaired) electrons. The fourth-order valence-electron chi connectivity index (χ4n) is 2.14. The molecule has 0 bridgehead atoms. The molecule has 1 amide bonds. The summed E-state index contributed by atoms with van der Waals surface area (Å²) in [6.07, 6.45) is 0.716. The Morgan fingerprint density at radius 2 is 1.86 bits per heavy atom. The molecule has 0 atom stereocenters. The van der Waals surface area contributed by atoms with Crippen LogP contribution in [0.2, 0.25) is 0 Å². The summed E-state index contributed by atoms with van der Waals surface area (Å²) in [6, 6.07) is 15.5. The molecular formula is C17H19FN2O. The zero-order valence-electron chi connectivity index (χ0n) is 11.8. The van der Waals surface area contributed by atoms with Crippen molar-refractivity contribution >= 4 is 5.91 Å². The van der Waals surface area contributed by atoms with Crippen LogP contribution in [0, 0.1) is 5.82 Å². The van der Waals surface area contributed by atoms with Crippen LogP contribution >= 0.6 is 0 Å². The molecule has 0 saturated carbocycles. The van der Waals surface area contributed by atoms with E-state index in [-0.39, 0.29) is 5.91 Å². The number of rotatable bonds is 6. The summed E-state index contributed by atoms with van der Waals surface area (Å²) >= 11 is 0. The van der Waals surface area contributed by atoms with Gasteiger partial charge in [-0.25, -0.2) is 4.39 Å². The van der Waals surface area contributed by atoms with Gasteiger partial charge in [0.25, 0.3) is 5.91 Å². The minimum Gasteiger partial charge on any atom is -0.334 e. The van der Waals surface area contributed by atoms with Crippen LogP contribution in [-0.4, -0.2) is 23.9 Å². The van der Waals surface area contributed by atoms with Crippen LogP contribution in [0.4, 0.5) is 4.39 Å². The summed E-state index contributed by atoms with van der Waals surface area (Å²) in [4.78, 5) is 14.2. The maximum Gasteiger partial charge on any atom is 0.254 e. The normalized spacial score (nSPS) is 10.4. The van der Waals surface area contributed by atoms with Gasteiger partial charge in [0.05, 0.1) is 0 Å². The topological polar surface area (TPSA) is 46.3 Å². The summed E-state index contributed by atoms with van der Waals surface area (Å²) in [5, 5.41) is 0. The standard InChI is InChI=1S/C17H19FN2O/c18-16-9-4-8-15(12-16)17(21)20(11-5-10-19)13-14-6-2-1-3-7-14/h1-4,6-9,12H,5,10-11,13,19H2. The van der Waals surface area contributed by atoms with Crippen molar-refractivity contribution in [2.75, 3.05) is 13.1 Å². The first-order valence-electron chi connectivity index (χ1n) is 6.99. The molecule has 2 rings (SSSR count). The Balaban J connectivity index is 2.17. The first kappa shape index (κ1) is 15.2. The van der Waals surface area contributed by atoms with Crippen LogP contribution < -0.4 is 5.73 Å². The minimum atomic E-state index is -0.403. The maximum absolute atomic E-state index is 13.3. The van der Waals surface area contributed by atoms with Crippen LogP contribution in [-0.2, 0) is 6.54 Å². The predicted molar refractivity (Wildman–Crippen MR) is 81.3 cm³/mol. The highest BCUT2D eigenvalue weighted by atomic mass is 19.1. The van der Waals surface area contributed by atoms with Gasteiger partial charge in [-0.05, 0) is 36.7 Å². The molecule has 0 aliphatic carbocycles. The molecule has 110 valence electrons. The van der Waals surface area contributed by atoms with E-state index in [0.717, 1.165) is 5.56 Å². The van der Waals surface area contributed by atoms with E-state index in [2.05, 4.69) is 0 Å². The zero-order chi connectivity index (χ0) is 15.1. The molecule has 3 nitrogen and oxygen atoms in total. The van der Waals surface area contributed by atoms with Crippen LogP contribution in [0.15, 0.2) is 54.6 Å². The van der Waals surface area contributed by atoms with Crippen molar-refractivity contribution < 1.29 is 9.18 Å². The molecule has 0 aromatic heterocycles. The molecule has 0 fully saturated rings. The number of benzene rings is 2. The Labute approximate surface area is 124 Å². The molecule has 0 spiro atoms. The third-order valence-corrected chi connectivity index (χ3v) is 3.21. The van der Waals surface area contributed by atoms with E-state index in [4.69, 9.17) is 5.73 Å². The summed E-state index contributed by atoms with van der Waals surface area (Å²) in [5.74, 6) is -0.578. The molecule has 0 heterocycles. The Hall–Kier alpha value is -2.20. The van der Waals surface area contributed by atoms with Crippen molar-refractivity contribution in [2.24, 2.45) is 5.73 Å². The summed E-state index contributed by atoms with van der Waals surface area (Å²) in [7, 11) is 0. The monoisotopic (exact) mass is 286 g/mol. The van der Waals surface area contributed by atoms with Gasteiger partial charge < -0.3 is 10.6 Å². The maximum atomic E-state index is 13.3. The molecule has 4 heteroatoms. The molecular weight excluding hydrogens is 267 g/mol. The van der Waals surface area contributed by atoms with E-state index in [0.29, 0.717) is 31.6 Å². The van der Waals surface area contributed by atoms with Crippen LogP contribution in [0.3, 0.4) is 0 Å². The smallest absolute Gasteiger partial charge is 0.254 e. The van der Waals surface area contributed by atoms with Gasteiger partial charge in [-0.1, -0.05) is 36.4 Å². The zero-order valence-corrected chi connectivity index (χ0v) is 11.8. The second-order valence-electron chi connectivity index (χ2n) is 4.86. The summed E-state index contributed by atoms with van der Waals surface area (Å²) < 4.78 is 13.3. The number of amides is 1. The van der Waals surface area contributed by atoms with Crippen molar-refractivity contribution in [3.05, 3.63) is 71.5 Å². The van der Waals surface area contributed by atoms with Gasteiger partial charge in [0.15, 0.2) is 0 Å². The number of nitrogens with zero attached hydrogens (tertiary/aromatic N) is 1. The number of halogens is 1. The first-order chi connectivity index (χ1) is 10.2. The highest BCUT2D eigenvalue weighted by Crippen LogP contribution is 2.12. The van der Waals surface area contributed by atoms with Crippen LogP contribution in [0.1, 0.15) is 22.3 Å². The molecule has 2 aromatic rings. The largest absolute Gasteiger partial charge is 0.334 e. The third kappa shape index (κ3) is 4.39. The van der Waals surface area contributed by atoms with Gasteiger partial charge >= 0.3 is 0 Å². The van der Waals surface area contributed by atoms with Crippen molar-refractivity contribution in [3.8, 4) is 0 Å². The Morgan fingerprint density at radius 1 is 1.10 bits per heavy atom. The molecule has 0 saturated heterocycles. The van der Waals surface area contributed by atoms with Gasteiger partial charge in [0.2, 0.25) is 0 Å². The van der Waals surface area contributed by atoms with E-state index in [1.807, 2.05) is 30.3 Å². The molecule has 2 aromatic carbocycles. The van der Waals surface area contributed by atoms with Gasteiger partial charge in [-0.15, -0.1) is 0 Å². The fraction of sp³-hybridized carbons (Fsp3) is 0.235. The second-order valence-corrected chi connectivity index (χ2v) is 4.86. The molecule has 21 heavy (non-hydrogen) atoms. The lowest BCUT2D eigenvalue weighted by Gasteiger charge is -2.23.